The average Bonchev–Trinajstić information content (AvgIpc) is 2.83. The highest BCUT2D eigenvalue weighted by Crippen LogP contribution is 2.23. The van der Waals surface area contributed by atoms with Crippen molar-refractivity contribution < 1.29 is 9.53 Å². The first-order valence-corrected chi connectivity index (χ1v) is 7.37. The van der Waals surface area contributed by atoms with Gasteiger partial charge in [-0.2, -0.15) is 0 Å². The van der Waals surface area contributed by atoms with Crippen LogP contribution in [0.1, 0.15) is 19.3 Å². The molecule has 5 heteroatoms. The number of rotatable bonds is 5. The van der Waals surface area contributed by atoms with Gasteiger partial charge in [0.1, 0.15) is 5.75 Å². The first kappa shape index (κ1) is 14.3. The predicted octanol–water partition coefficient (Wildman–Crippen LogP) is 2.17. The molecular weight excluding hydrogens is 308 g/mol. The van der Waals surface area contributed by atoms with Gasteiger partial charge in [-0.1, -0.05) is 12.1 Å². The number of hydrogen-bond acceptors (Lipinski definition) is 3. The minimum absolute atomic E-state index is 0.153. The van der Waals surface area contributed by atoms with E-state index < -0.39 is 0 Å². The Balaban J connectivity index is 1.67. The second kappa shape index (κ2) is 6.91. The zero-order valence-electron chi connectivity index (χ0n) is 10.8. The van der Waals surface area contributed by atoms with Crippen LogP contribution in [0.5, 0.6) is 5.75 Å². The third-order valence-electron chi connectivity index (χ3n) is 3.21. The molecule has 1 aliphatic rings. The normalized spacial score (nSPS) is 18.6. The molecule has 1 amide bonds. The maximum Gasteiger partial charge on any atom is 0.222 e. The van der Waals surface area contributed by atoms with Crippen molar-refractivity contribution in [1.29, 1.82) is 0 Å². The summed E-state index contributed by atoms with van der Waals surface area (Å²) in [7, 11) is 0. The van der Waals surface area contributed by atoms with Crippen molar-refractivity contribution >= 4 is 21.8 Å². The smallest absolute Gasteiger partial charge is 0.222 e. The highest BCUT2D eigenvalue weighted by Gasteiger charge is 2.22. The number of halogens is 1. The molecule has 1 fully saturated rings. The molecule has 1 heterocycles. The number of hydrogen-bond donors (Lipinski definition) is 1. The minimum atomic E-state index is 0.153. The maximum atomic E-state index is 11.9. The quantitative estimate of drug-likeness (QED) is 0.844. The molecule has 1 aromatic carbocycles. The highest BCUT2D eigenvalue weighted by molar-refractivity contribution is 9.10. The van der Waals surface area contributed by atoms with Gasteiger partial charge in [-0.15, -0.1) is 0 Å². The molecule has 1 aromatic rings. The lowest BCUT2D eigenvalue weighted by molar-refractivity contribution is -0.130. The Morgan fingerprint density at radius 1 is 1.47 bits per heavy atom. The molecule has 1 saturated heterocycles. The Bertz CT molecular complexity index is 439. The number of likely N-dealkylation sites (tertiary alicyclic amines) is 1. The van der Waals surface area contributed by atoms with Crippen LogP contribution in [0.15, 0.2) is 28.7 Å². The lowest BCUT2D eigenvalue weighted by Gasteiger charge is -2.15. The van der Waals surface area contributed by atoms with Crippen LogP contribution in [-0.4, -0.2) is 36.5 Å². The van der Waals surface area contributed by atoms with Gasteiger partial charge in [-0.05, 0) is 40.9 Å². The van der Waals surface area contributed by atoms with Crippen molar-refractivity contribution in [2.45, 2.75) is 25.3 Å². The summed E-state index contributed by atoms with van der Waals surface area (Å²) in [6.45, 7) is 2.04. The standard InChI is InChI=1S/C14H19BrN2O2/c15-12-4-1-2-5-13(12)19-9-3-6-14(18)17-8-7-11(16)10-17/h1-2,4-5,11H,3,6-10,16H2/t11-/m0/s1. The lowest BCUT2D eigenvalue weighted by Crippen LogP contribution is -2.31. The Morgan fingerprint density at radius 3 is 2.95 bits per heavy atom. The van der Waals surface area contributed by atoms with Gasteiger partial charge in [0.2, 0.25) is 5.91 Å². The zero-order valence-corrected chi connectivity index (χ0v) is 12.4. The van der Waals surface area contributed by atoms with Crippen molar-refractivity contribution in [2.24, 2.45) is 5.73 Å². The zero-order chi connectivity index (χ0) is 13.7. The summed E-state index contributed by atoms with van der Waals surface area (Å²) in [6.07, 6.45) is 2.17. The fourth-order valence-electron chi connectivity index (χ4n) is 2.14. The lowest BCUT2D eigenvalue weighted by atomic mass is 10.3. The van der Waals surface area contributed by atoms with Crippen LogP contribution in [0.3, 0.4) is 0 Å². The SMILES string of the molecule is N[C@H]1CCN(C(=O)CCCOc2ccccc2Br)C1. The number of nitrogens with two attached hydrogens (primary N) is 1. The van der Waals surface area contributed by atoms with E-state index in [0.29, 0.717) is 19.6 Å². The third-order valence-corrected chi connectivity index (χ3v) is 3.86. The van der Waals surface area contributed by atoms with Crippen molar-refractivity contribution in [2.75, 3.05) is 19.7 Å². The van der Waals surface area contributed by atoms with Crippen LogP contribution in [0, 0.1) is 0 Å². The number of ether oxygens (including phenoxy) is 1. The van der Waals surface area contributed by atoms with Crippen LogP contribution in [0.4, 0.5) is 0 Å². The molecule has 2 rings (SSSR count). The summed E-state index contributed by atoms with van der Waals surface area (Å²) in [5.74, 6) is 1.00. The summed E-state index contributed by atoms with van der Waals surface area (Å²) in [4.78, 5) is 13.7. The van der Waals surface area contributed by atoms with Crippen LogP contribution in [0.25, 0.3) is 0 Å². The van der Waals surface area contributed by atoms with Gasteiger partial charge in [0, 0.05) is 25.6 Å². The molecule has 1 aliphatic heterocycles. The molecule has 0 aromatic heterocycles. The van der Waals surface area contributed by atoms with Gasteiger partial charge >= 0.3 is 0 Å². The van der Waals surface area contributed by atoms with Crippen LogP contribution >= 0.6 is 15.9 Å². The van der Waals surface area contributed by atoms with E-state index in [4.69, 9.17) is 10.5 Å². The minimum Gasteiger partial charge on any atom is -0.492 e. The number of benzene rings is 1. The van der Waals surface area contributed by atoms with E-state index in [1.54, 1.807) is 0 Å². The second-order valence-corrected chi connectivity index (χ2v) is 5.63. The monoisotopic (exact) mass is 326 g/mol. The molecule has 1 atom stereocenters. The Kier molecular flexibility index (Phi) is 5.22. The van der Waals surface area contributed by atoms with Gasteiger partial charge < -0.3 is 15.4 Å². The summed E-state index contributed by atoms with van der Waals surface area (Å²) >= 11 is 3.42. The van der Waals surface area contributed by atoms with Gasteiger partial charge in [-0.3, -0.25) is 4.79 Å². The first-order valence-electron chi connectivity index (χ1n) is 6.57. The van der Waals surface area contributed by atoms with Gasteiger partial charge in [-0.25, -0.2) is 0 Å². The molecule has 0 radical (unpaired) electrons. The topological polar surface area (TPSA) is 55.6 Å². The van der Waals surface area contributed by atoms with Crippen LogP contribution in [0.2, 0.25) is 0 Å². The molecule has 0 unspecified atom stereocenters. The average molecular weight is 327 g/mol. The molecule has 0 saturated carbocycles. The molecule has 19 heavy (non-hydrogen) atoms. The van der Waals surface area contributed by atoms with E-state index in [0.717, 1.165) is 29.6 Å². The fourth-order valence-corrected chi connectivity index (χ4v) is 2.54. The number of amides is 1. The van der Waals surface area contributed by atoms with E-state index in [1.807, 2.05) is 29.2 Å². The van der Waals surface area contributed by atoms with Crippen LogP contribution < -0.4 is 10.5 Å². The highest BCUT2D eigenvalue weighted by atomic mass is 79.9. The van der Waals surface area contributed by atoms with Crippen molar-refractivity contribution in [3.63, 3.8) is 0 Å². The molecule has 0 aliphatic carbocycles. The number of carbonyl (C=O) groups is 1. The van der Waals surface area contributed by atoms with Gasteiger partial charge in [0.05, 0.1) is 11.1 Å². The molecule has 0 bridgehead atoms. The molecule has 0 spiro atoms. The maximum absolute atomic E-state index is 11.9. The van der Waals surface area contributed by atoms with E-state index in [1.165, 1.54) is 0 Å². The van der Waals surface area contributed by atoms with E-state index >= 15 is 0 Å². The van der Waals surface area contributed by atoms with E-state index in [-0.39, 0.29) is 11.9 Å². The fraction of sp³-hybridized carbons (Fsp3) is 0.500. The molecular formula is C14H19BrN2O2. The predicted molar refractivity (Wildman–Crippen MR) is 78.0 cm³/mol. The number of para-hydroxylation sites is 1. The molecule has 4 nitrogen and oxygen atoms in total. The van der Waals surface area contributed by atoms with Gasteiger partial charge in [0.15, 0.2) is 0 Å². The first-order chi connectivity index (χ1) is 9.16. The number of carbonyl (C=O) groups excluding carboxylic acids is 1. The van der Waals surface area contributed by atoms with Gasteiger partial charge in [0.25, 0.3) is 0 Å². The molecule has 2 N–H and O–H groups in total. The summed E-state index contributed by atoms with van der Waals surface area (Å²) in [6, 6.07) is 7.87. The van der Waals surface area contributed by atoms with Crippen molar-refractivity contribution in [3.8, 4) is 5.75 Å². The largest absolute Gasteiger partial charge is 0.492 e. The van der Waals surface area contributed by atoms with E-state index in [9.17, 15) is 4.79 Å². The third kappa shape index (κ3) is 4.21. The Labute approximate surface area is 122 Å². The summed E-state index contributed by atoms with van der Waals surface area (Å²) in [5, 5.41) is 0. The van der Waals surface area contributed by atoms with Crippen molar-refractivity contribution in [3.05, 3.63) is 28.7 Å². The second-order valence-electron chi connectivity index (χ2n) is 4.77. The summed E-state index contributed by atoms with van der Waals surface area (Å²) in [5.41, 5.74) is 5.79. The van der Waals surface area contributed by atoms with Crippen LogP contribution in [-0.2, 0) is 4.79 Å². The molecule has 104 valence electrons. The Morgan fingerprint density at radius 2 is 2.26 bits per heavy atom. The van der Waals surface area contributed by atoms with E-state index in [2.05, 4.69) is 15.9 Å². The van der Waals surface area contributed by atoms with Crippen molar-refractivity contribution in [1.82, 2.24) is 4.90 Å². The Hall–Kier alpha value is -1.07. The number of nitrogens with zero attached hydrogens (tertiary/aromatic N) is 1. The summed E-state index contributed by atoms with van der Waals surface area (Å²) < 4.78 is 6.57.